The SMILES string of the molecule is Cc1[nH]c2nc(Cl)ncc2c1F. The Labute approximate surface area is 72.6 Å². The van der Waals surface area contributed by atoms with Crippen molar-refractivity contribution in [3.8, 4) is 0 Å². The zero-order chi connectivity index (χ0) is 8.72. The molecule has 0 unspecified atom stereocenters. The van der Waals surface area contributed by atoms with E-state index in [1.807, 2.05) is 0 Å². The number of nitrogens with zero attached hydrogens (tertiary/aromatic N) is 2. The smallest absolute Gasteiger partial charge is 0.224 e. The molecule has 0 radical (unpaired) electrons. The second kappa shape index (κ2) is 2.42. The highest BCUT2D eigenvalue weighted by molar-refractivity contribution is 6.28. The first kappa shape index (κ1) is 7.49. The van der Waals surface area contributed by atoms with Crippen LogP contribution in [0.3, 0.4) is 0 Å². The molecule has 2 aromatic heterocycles. The molecule has 5 heteroatoms. The number of aryl methyl sites for hydroxylation is 1. The van der Waals surface area contributed by atoms with Crippen LogP contribution in [0.5, 0.6) is 0 Å². The number of hydrogen-bond donors (Lipinski definition) is 1. The molecule has 0 fully saturated rings. The fraction of sp³-hybridized carbons (Fsp3) is 0.143. The maximum Gasteiger partial charge on any atom is 0.224 e. The standard InChI is InChI=1S/C7H5ClFN3/c1-3-5(9)4-2-10-7(8)12-6(4)11-3/h2H,1H3,(H,10,11,12). The topological polar surface area (TPSA) is 41.6 Å². The van der Waals surface area contributed by atoms with Crippen molar-refractivity contribution in [3.05, 3.63) is 23.0 Å². The van der Waals surface area contributed by atoms with E-state index < -0.39 is 0 Å². The van der Waals surface area contributed by atoms with Gasteiger partial charge in [0.1, 0.15) is 5.65 Å². The first-order valence-electron chi connectivity index (χ1n) is 3.35. The molecule has 1 N–H and O–H groups in total. The number of rotatable bonds is 0. The van der Waals surface area contributed by atoms with E-state index in [2.05, 4.69) is 15.0 Å². The first-order chi connectivity index (χ1) is 5.68. The van der Waals surface area contributed by atoms with E-state index in [0.29, 0.717) is 16.7 Å². The first-order valence-corrected chi connectivity index (χ1v) is 3.72. The molecular weight excluding hydrogens is 181 g/mol. The van der Waals surface area contributed by atoms with Crippen LogP contribution in [0.2, 0.25) is 5.28 Å². The predicted octanol–water partition coefficient (Wildman–Crippen LogP) is 2.06. The van der Waals surface area contributed by atoms with Gasteiger partial charge in [-0.1, -0.05) is 0 Å². The van der Waals surface area contributed by atoms with E-state index in [1.54, 1.807) is 6.92 Å². The third kappa shape index (κ3) is 0.956. The summed E-state index contributed by atoms with van der Waals surface area (Å²) in [5.74, 6) is -0.318. The molecular formula is C7H5ClFN3. The molecule has 0 aliphatic carbocycles. The molecule has 0 bridgehead atoms. The number of halogens is 2. The molecule has 62 valence electrons. The molecule has 2 heterocycles. The monoisotopic (exact) mass is 185 g/mol. The molecule has 0 atom stereocenters. The van der Waals surface area contributed by atoms with Crippen molar-refractivity contribution in [1.29, 1.82) is 0 Å². The average molecular weight is 186 g/mol. The molecule has 2 rings (SSSR count). The Morgan fingerprint density at radius 1 is 1.58 bits per heavy atom. The van der Waals surface area contributed by atoms with Gasteiger partial charge >= 0.3 is 0 Å². The molecule has 0 saturated heterocycles. The summed E-state index contributed by atoms with van der Waals surface area (Å²) in [5.41, 5.74) is 0.881. The number of fused-ring (bicyclic) bond motifs is 1. The van der Waals surface area contributed by atoms with Crippen LogP contribution in [0, 0.1) is 12.7 Å². The van der Waals surface area contributed by atoms with E-state index in [-0.39, 0.29) is 11.1 Å². The number of nitrogens with one attached hydrogen (secondary N) is 1. The van der Waals surface area contributed by atoms with Gasteiger partial charge in [-0.2, -0.15) is 4.98 Å². The molecule has 0 aromatic carbocycles. The molecule has 0 amide bonds. The second-order valence-corrected chi connectivity index (χ2v) is 2.80. The summed E-state index contributed by atoms with van der Waals surface area (Å²) in [6, 6.07) is 0. The summed E-state index contributed by atoms with van der Waals surface area (Å²) in [6.45, 7) is 1.63. The van der Waals surface area contributed by atoms with Crippen LogP contribution in [0.25, 0.3) is 11.0 Å². The maximum atomic E-state index is 13.1. The summed E-state index contributed by atoms with van der Waals surface area (Å²) in [6.07, 6.45) is 1.36. The quantitative estimate of drug-likeness (QED) is 0.639. The van der Waals surface area contributed by atoms with Gasteiger partial charge in [0.05, 0.1) is 11.1 Å². The summed E-state index contributed by atoms with van der Waals surface area (Å²) >= 11 is 5.52. The summed E-state index contributed by atoms with van der Waals surface area (Å²) in [7, 11) is 0. The van der Waals surface area contributed by atoms with Crippen molar-refractivity contribution in [2.75, 3.05) is 0 Å². The van der Waals surface area contributed by atoms with Crippen LogP contribution in [0.1, 0.15) is 5.69 Å². The van der Waals surface area contributed by atoms with Crippen LogP contribution in [-0.4, -0.2) is 15.0 Å². The van der Waals surface area contributed by atoms with Crippen molar-refractivity contribution in [2.24, 2.45) is 0 Å². The van der Waals surface area contributed by atoms with E-state index in [1.165, 1.54) is 6.20 Å². The zero-order valence-electron chi connectivity index (χ0n) is 6.23. The van der Waals surface area contributed by atoms with E-state index in [9.17, 15) is 4.39 Å². The Morgan fingerprint density at radius 2 is 2.33 bits per heavy atom. The molecule has 2 aromatic rings. The van der Waals surface area contributed by atoms with Crippen molar-refractivity contribution >= 4 is 22.6 Å². The molecule has 0 spiro atoms. The van der Waals surface area contributed by atoms with Gasteiger partial charge in [-0.15, -0.1) is 0 Å². The fourth-order valence-corrected chi connectivity index (χ4v) is 1.18. The third-order valence-electron chi connectivity index (χ3n) is 1.63. The van der Waals surface area contributed by atoms with Gasteiger partial charge in [0.25, 0.3) is 0 Å². The number of aromatic amines is 1. The third-order valence-corrected chi connectivity index (χ3v) is 1.81. The molecule has 0 aliphatic rings. The van der Waals surface area contributed by atoms with Crippen molar-refractivity contribution in [3.63, 3.8) is 0 Å². The molecule has 12 heavy (non-hydrogen) atoms. The number of H-pyrrole nitrogens is 1. The zero-order valence-corrected chi connectivity index (χ0v) is 6.98. The van der Waals surface area contributed by atoms with Gasteiger partial charge in [0.2, 0.25) is 5.28 Å². The molecule has 0 saturated carbocycles. The van der Waals surface area contributed by atoms with Gasteiger partial charge in [-0.05, 0) is 18.5 Å². The number of hydrogen-bond acceptors (Lipinski definition) is 2. The minimum absolute atomic E-state index is 0.115. The van der Waals surface area contributed by atoms with E-state index in [4.69, 9.17) is 11.6 Å². The summed E-state index contributed by atoms with van der Waals surface area (Å²) in [5, 5.41) is 0.487. The van der Waals surface area contributed by atoms with Crippen LogP contribution in [0.4, 0.5) is 4.39 Å². The summed E-state index contributed by atoms with van der Waals surface area (Å²) in [4.78, 5) is 10.2. The van der Waals surface area contributed by atoms with Gasteiger partial charge in [0, 0.05) is 6.20 Å². The van der Waals surface area contributed by atoms with E-state index in [0.717, 1.165) is 0 Å². The lowest BCUT2D eigenvalue weighted by molar-refractivity contribution is 0.629. The highest BCUT2D eigenvalue weighted by atomic mass is 35.5. The predicted molar refractivity (Wildman–Crippen MR) is 43.6 cm³/mol. The molecule has 3 nitrogen and oxygen atoms in total. The minimum Gasteiger partial charge on any atom is -0.341 e. The van der Waals surface area contributed by atoms with Crippen LogP contribution in [-0.2, 0) is 0 Å². The van der Waals surface area contributed by atoms with E-state index >= 15 is 0 Å². The Hall–Kier alpha value is -1.16. The lowest BCUT2D eigenvalue weighted by Gasteiger charge is -1.87. The normalized spacial score (nSPS) is 10.9. The van der Waals surface area contributed by atoms with Gasteiger partial charge in [-0.3, -0.25) is 0 Å². The van der Waals surface area contributed by atoms with Gasteiger partial charge in [0.15, 0.2) is 5.82 Å². The highest BCUT2D eigenvalue weighted by Crippen LogP contribution is 2.18. The largest absolute Gasteiger partial charge is 0.341 e. The minimum atomic E-state index is -0.318. The number of aromatic nitrogens is 3. The Kier molecular flexibility index (Phi) is 1.51. The fourth-order valence-electron chi connectivity index (χ4n) is 1.05. The van der Waals surface area contributed by atoms with Crippen molar-refractivity contribution in [2.45, 2.75) is 6.92 Å². The highest BCUT2D eigenvalue weighted by Gasteiger charge is 2.08. The summed E-state index contributed by atoms with van der Waals surface area (Å²) < 4.78 is 13.1. The lowest BCUT2D eigenvalue weighted by Crippen LogP contribution is -1.81. The van der Waals surface area contributed by atoms with Crippen molar-refractivity contribution < 1.29 is 4.39 Å². The second-order valence-electron chi connectivity index (χ2n) is 2.47. The van der Waals surface area contributed by atoms with Crippen LogP contribution >= 0.6 is 11.6 Å². The lowest BCUT2D eigenvalue weighted by atomic mass is 10.3. The Balaban J connectivity index is 2.87. The van der Waals surface area contributed by atoms with Gasteiger partial charge in [-0.25, -0.2) is 9.37 Å². The average Bonchev–Trinajstić information content (AvgIpc) is 2.28. The Bertz CT molecular complexity index is 437. The van der Waals surface area contributed by atoms with Crippen molar-refractivity contribution in [1.82, 2.24) is 15.0 Å². The van der Waals surface area contributed by atoms with Crippen LogP contribution < -0.4 is 0 Å². The molecule has 0 aliphatic heterocycles. The maximum absolute atomic E-state index is 13.1. The van der Waals surface area contributed by atoms with Crippen LogP contribution in [0.15, 0.2) is 6.20 Å². The Morgan fingerprint density at radius 3 is 3.08 bits per heavy atom. The van der Waals surface area contributed by atoms with Gasteiger partial charge < -0.3 is 4.98 Å².